The van der Waals surface area contributed by atoms with Crippen LogP contribution in [0.5, 0.6) is 0 Å². The van der Waals surface area contributed by atoms with Crippen LogP contribution in [-0.4, -0.2) is 74.2 Å². The number of carbonyl (C=O) groups excluding carboxylic acids is 1. The maximum absolute atomic E-state index is 13.2. The molecule has 182 valence electrons. The predicted molar refractivity (Wildman–Crippen MR) is 133 cm³/mol. The van der Waals surface area contributed by atoms with E-state index in [0.717, 1.165) is 44.1 Å². The lowest BCUT2D eigenvalue weighted by atomic mass is 9.89. The van der Waals surface area contributed by atoms with Gasteiger partial charge >= 0.3 is 0 Å². The molecule has 6 nitrogen and oxygen atoms in total. The Kier molecular flexibility index (Phi) is 8.61. The monoisotopic (exact) mass is 473 g/mol. The van der Waals surface area contributed by atoms with Gasteiger partial charge in [0.2, 0.25) is 15.9 Å². The fourth-order valence-corrected chi connectivity index (χ4v) is 6.76. The van der Waals surface area contributed by atoms with Gasteiger partial charge in [-0.05, 0) is 56.2 Å². The van der Waals surface area contributed by atoms with Gasteiger partial charge in [0.1, 0.15) is 0 Å². The van der Waals surface area contributed by atoms with E-state index in [9.17, 15) is 13.2 Å². The number of nitrogens with zero attached hydrogens (tertiary/aromatic N) is 3. The minimum absolute atomic E-state index is 0.0561. The van der Waals surface area contributed by atoms with E-state index in [2.05, 4.69) is 4.90 Å². The first-order chi connectivity index (χ1) is 16.0. The molecule has 2 saturated heterocycles. The number of piperidine rings is 1. The second kappa shape index (κ2) is 11.6. The molecule has 0 unspecified atom stereocenters. The van der Waals surface area contributed by atoms with Crippen LogP contribution in [0.2, 0.25) is 0 Å². The van der Waals surface area contributed by atoms with E-state index in [1.807, 2.05) is 35.2 Å². The van der Waals surface area contributed by atoms with Crippen LogP contribution in [0.15, 0.2) is 35.7 Å². The first kappa shape index (κ1) is 24.4. The van der Waals surface area contributed by atoms with Crippen LogP contribution in [0.1, 0.15) is 56.9 Å². The highest BCUT2D eigenvalue weighted by molar-refractivity contribution is 7.92. The van der Waals surface area contributed by atoms with Crippen LogP contribution >= 0.6 is 0 Å². The molecule has 1 aliphatic carbocycles. The van der Waals surface area contributed by atoms with Crippen molar-refractivity contribution in [1.29, 1.82) is 0 Å². The summed E-state index contributed by atoms with van der Waals surface area (Å²) >= 11 is 0. The first-order valence-corrected chi connectivity index (χ1v) is 14.3. The SMILES string of the molecule is O=C(C1CCN(S(=O)(=O)/C=C/c2ccccc2)CC1)N1CCCN(CC2CCCCC2)CC1. The molecule has 0 spiro atoms. The highest BCUT2D eigenvalue weighted by Crippen LogP contribution is 2.26. The molecule has 1 amide bonds. The van der Waals surface area contributed by atoms with Crippen molar-refractivity contribution in [1.82, 2.24) is 14.1 Å². The summed E-state index contributed by atoms with van der Waals surface area (Å²) in [6.45, 7) is 5.72. The van der Waals surface area contributed by atoms with Crippen LogP contribution in [0.3, 0.4) is 0 Å². The summed E-state index contributed by atoms with van der Waals surface area (Å²) in [4.78, 5) is 17.8. The average Bonchev–Trinajstić information content (AvgIpc) is 3.09. The number of amides is 1. The van der Waals surface area contributed by atoms with Crippen LogP contribution in [0.25, 0.3) is 6.08 Å². The summed E-state index contributed by atoms with van der Waals surface area (Å²) in [6, 6.07) is 9.46. The molecule has 1 aromatic rings. The molecule has 4 rings (SSSR count). The summed E-state index contributed by atoms with van der Waals surface area (Å²) in [5, 5.41) is 1.29. The molecule has 1 aromatic carbocycles. The molecule has 0 aromatic heterocycles. The van der Waals surface area contributed by atoms with Gasteiger partial charge < -0.3 is 9.80 Å². The molecule has 1 saturated carbocycles. The minimum atomic E-state index is -3.46. The summed E-state index contributed by atoms with van der Waals surface area (Å²) < 4.78 is 27.0. The minimum Gasteiger partial charge on any atom is -0.341 e. The van der Waals surface area contributed by atoms with Gasteiger partial charge in [-0.2, -0.15) is 4.31 Å². The molecule has 33 heavy (non-hydrogen) atoms. The lowest BCUT2D eigenvalue weighted by Gasteiger charge is -2.33. The van der Waals surface area contributed by atoms with Gasteiger partial charge in [-0.3, -0.25) is 4.79 Å². The zero-order valence-corrected chi connectivity index (χ0v) is 20.6. The number of sulfonamides is 1. The number of carbonyl (C=O) groups is 1. The van der Waals surface area contributed by atoms with Crippen molar-refractivity contribution in [3.05, 3.63) is 41.3 Å². The van der Waals surface area contributed by atoms with Crippen LogP contribution in [0.4, 0.5) is 0 Å². The Labute approximate surface area is 199 Å². The van der Waals surface area contributed by atoms with Crippen molar-refractivity contribution in [3.8, 4) is 0 Å². The Morgan fingerprint density at radius 2 is 1.58 bits per heavy atom. The molecule has 2 heterocycles. The Morgan fingerprint density at radius 3 is 2.30 bits per heavy atom. The van der Waals surface area contributed by atoms with Crippen molar-refractivity contribution in [2.24, 2.45) is 11.8 Å². The van der Waals surface area contributed by atoms with Crippen LogP contribution < -0.4 is 0 Å². The number of hydrogen-bond donors (Lipinski definition) is 0. The normalized spacial score (nSPS) is 23.1. The summed E-state index contributed by atoms with van der Waals surface area (Å²) in [5.74, 6) is 1.01. The third-order valence-electron chi connectivity index (χ3n) is 7.54. The number of hydrogen-bond acceptors (Lipinski definition) is 4. The zero-order chi connectivity index (χ0) is 23.1. The van der Waals surface area contributed by atoms with Gasteiger partial charge in [-0.15, -0.1) is 0 Å². The molecule has 0 bridgehead atoms. The third-order valence-corrected chi connectivity index (χ3v) is 9.10. The number of benzene rings is 1. The molecular weight excluding hydrogens is 434 g/mol. The summed E-state index contributed by atoms with van der Waals surface area (Å²) in [5.41, 5.74) is 0.866. The lowest BCUT2D eigenvalue weighted by Crippen LogP contribution is -2.45. The van der Waals surface area contributed by atoms with Crippen molar-refractivity contribution < 1.29 is 13.2 Å². The van der Waals surface area contributed by atoms with Gasteiger partial charge in [-0.25, -0.2) is 8.42 Å². The molecule has 3 aliphatic rings. The van der Waals surface area contributed by atoms with Crippen molar-refractivity contribution in [2.45, 2.75) is 51.4 Å². The van der Waals surface area contributed by atoms with Crippen LogP contribution in [-0.2, 0) is 14.8 Å². The molecule has 7 heteroatoms. The van der Waals surface area contributed by atoms with E-state index in [1.165, 1.54) is 48.4 Å². The summed E-state index contributed by atoms with van der Waals surface area (Å²) in [7, 11) is -3.46. The largest absolute Gasteiger partial charge is 0.341 e. The van der Waals surface area contributed by atoms with Gasteiger partial charge in [0, 0.05) is 50.6 Å². The average molecular weight is 474 g/mol. The zero-order valence-electron chi connectivity index (χ0n) is 19.8. The highest BCUT2D eigenvalue weighted by Gasteiger charge is 2.33. The number of rotatable bonds is 6. The first-order valence-electron chi connectivity index (χ1n) is 12.8. The quantitative estimate of drug-likeness (QED) is 0.630. The van der Waals surface area contributed by atoms with E-state index >= 15 is 0 Å². The second-order valence-corrected chi connectivity index (χ2v) is 11.7. The predicted octanol–water partition coefficient (Wildman–Crippen LogP) is 3.81. The Morgan fingerprint density at radius 1 is 0.848 bits per heavy atom. The Bertz CT molecular complexity index is 889. The Hall–Kier alpha value is -1.70. The molecule has 0 radical (unpaired) electrons. The van der Waals surface area contributed by atoms with Crippen molar-refractivity contribution >= 4 is 22.0 Å². The van der Waals surface area contributed by atoms with Crippen molar-refractivity contribution in [3.63, 3.8) is 0 Å². The summed E-state index contributed by atoms with van der Waals surface area (Å²) in [6.07, 6.45) is 10.8. The van der Waals surface area contributed by atoms with E-state index < -0.39 is 10.0 Å². The van der Waals surface area contributed by atoms with E-state index in [-0.39, 0.29) is 11.8 Å². The fraction of sp³-hybridized carbons (Fsp3) is 0.654. The van der Waals surface area contributed by atoms with E-state index in [0.29, 0.717) is 25.9 Å². The van der Waals surface area contributed by atoms with E-state index in [1.54, 1.807) is 6.08 Å². The van der Waals surface area contributed by atoms with Crippen LogP contribution in [0, 0.1) is 11.8 Å². The van der Waals surface area contributed by atoms with Crippen molar-refractivity contribution in [2.75, 3.05) is 45.8 Å². The maximum Gasteiger partial charge on any atom is 0.236 e. The molecule has 2 aliphatic heterocycles. The standard InChI is InChI=1S/C26H39N3O3S/c30-26(28-16-7-15-27(19-20-28)22-24-10-5-2-6-11-24)25-12-17-29(18-13-25)33(31,32)21-14-23-8-3-1-4-9-23/h1,3-4,8-9,14,21,24-25H,2,5-7,10-13,15-20,22H2/b21-14+. The molecular formula is C26H39N3O3S. The molecule has 0 N–H and O–H groups in total. The molecule has 3 fully saturated rings. The Balaban J connectivity index is 1.24. The molecule has 0 atom stereocenters. The topological polar surface area (TPSA) is 60.9 Å². The smallest absolute Gasteiger partial charge is 0.236 e. The third kappa shape index (κ3) is 6.90. The maximum atomic E-state index is 13.2. The second-order valence-electron chi connectivity index (χ2n) is 9.92. The van der Waals surface area contributed by atoms with Gasteiger partial charge in [0.15, 0.2) is 0 Å². The van der Waals surface area contributed by atoms with Gasteiger partial charge in [-0.1, -0.05) is 49.6 Å². The van der Waals surface area contributed by atoms with Gasteiger partial charge in [0.25, 0.3) is 0 Å². The lowest BCUT2D eigenvalue weighted by molar-refractivity contribution is -0.136. The van der Waals surface area contributed by atoms with Gasteiger partial charge in [0.05, 0.1) is 0 Å². The van der Waals surface area contributed by atoms with E-state index in [4.69, 9.17) is 0 Å². The fourth-order valence-electron chi connectivity index (χ4n) is 5.54. The highest BCUT2D eigenvalue weighted by atomic mass is 32.2.